The lowest BCUT2D eigenvalue weighted by Gasteiger charge is -2.57. The highest BCUT2D eigenvalue weighted by molar-refractivity contribution is 5.87. The average Bonchev–Trinajstić information content (AvgIpc) is 2.75. The van der Waals surface area contributed by atoms with Gasteiger partial charge in [-0.15, -0.1) is 0 Å². The first-order chi connectivity index (χ1) is 9.58. The second-order valence-electron chi connectivity index (χ2n) is 7.71. The van der Waals surface area contributed by atoms with E-state index in [9.17, 15) is 15.0 Å². The van der Waals surface area contributed by atoms with Crippen LogP contribution in [0.1, 0.15) is 46.5 Å². The number of carbonyl (C=O) groups is 1. The number of nitrogens with zero attached hydrogens (tertiary/aromatic N) is 1. The first kappa shape index (κ1) is 15.0. The summed E-state index contributed by atoms with van der Waals surface area (Å²) in [6.45, 7) is 6.04. The van der Waals surface area contributed by atoms with E-state index in [0.717, 1.165) is 12.8 Å². The molecule has 3 rings (SSSR count). The number of hydrogen-bond donors (Lipinski definition) is 3. The van der Waals surface area contributed by atoms with Crippen LogP contribution in [0, 0.1) is 10.8 Å². The molecule has 3 fully saturated rings. The average molecular weight is 294 g/mol. The molecule has 2 heterocycles. The maximum Gasteiger partial charge on any atom is 0.331 e. The minimum atomic E-state index is -1.16. The summed E-state index contributed by atoms with van der Waals surface area (Å²) in [6.07, 6.45) is 3.16. The highest BCUT2D eigenvalue weighted by Crippen LogP contribution is 2.67. The molecule has 0 aromatic rings. The smallest absolute Gasteiger partial charge is 0.331 e. The Labute approximate surface area is 125 Å². The summed E-state index contributed by atoms with van der Waals surface area (Å²) >= 11 is 0. The fourth-order valence-electron chi connectivity index (χ4n) is 5.31. The first-order valence-corrected chi connectivity index (χ1v) is 7.72. The van der Waals surface area contributed by atoms with Crippen LogP contribution in [-0.2, 0) is 4.79 Å². The zero-order chi connectivity index (χ0) is 15.8. The number of aliphatic carboxylic acids is 1. The van der Waals surface area contributed by atoms with E-state index in [0.29, 0.717) is 18.4 Å². The third-order valence-corrected chi connectivity index (χ3v) is 7.15. The molecule has 118 valence electrons. The van der Waals surface area contributed by atoms with Gasteiger partial charge >= 0.3 is 5.97 Å². The molecule has 1 aliphatic carbocycles. The molecular weight excluding hydrogens is 268 g/mol. The zero-order valence-corrected chi connectivity index (χ0v) is 13.3. The van der Waals surface area contributed by atoms with Crippen LogP contribution < -0.4 is 5.73 Å². The molecule has 1 saturated carbocycles. The number of rotatable bonds is 1. The molecule has 0 aromatic heterocycles. The van der Waals surface area contributed by atoms with Gasteiger partial charge in [0.1, 0.15) is 5.72 Å². The minimum Gasteiger partial charge on any atom is -0.478 e. The number of aliphatic hydroxyl groups is 1. The summed E-state index contributed by atoms with van der Waals surface area (Å²) in [5.41, 5.74) is 6.05. The number of piperidine rings is 1. The van der Waals surface area contributed by atoms with Gasteiger partial charge in [0, 0.05) is 24.1 Å². The van der Waals surface area contributed by atoms with Crippen LogP contribution in [0.5, 0.6) is 0 Å². The van der Waals surface area contributed by atoms with Gasteiger partial charge in [0.2, 0.25) is 0 Å². The molecule has 0 aromatic carbocycles. The van der Waals surface area contributed by atoms with E-state index in [1.165, 1.54) is 0 Å². The van der Waals surface area contributed by atoms with Crippen LogP contribution in [0.3, 0.4) is 0 Å². The Kier molecular flexibility index (Phi) is 2.92. The topological polar surface area (TPSA) is 86.8 Å². The van der Waals surface area contributed by atoms with Crippen molar-refractivity contribution in [1.29, 1.82) is 0 Å². The first-order valence-electron chi connectivity index (χ1n) is 7.72. The summed E-state index contributed by atoms with van der Waals surface area (Å²) in [5, 5.41) is 20.6. The van der Waals surface area contributed by atoms with E-state index in [4.69, 9.17) is 5.73 Å². The molecule has 2 aliphatic heterocycles. The minimum absolute atomic E-state index is 0.0218. The maximum absolute atomic E-state index is 11.4. The Hall–Kier alpha value is -0.910. The van der Waals surface area contributed by atoms with Crippen molar-refractivity contribution >= 4 is 5.97 Å². The molecule has 5 nitrogen and oxygen atoms in total. The van der Waals surface area contributed by atoms with Crippen molar-refractivity contribution in [2.24, 2.45) is 16.6 Å². The molecule has 2 saturated heterocycles. The van der Waals surface area contributed by atoms with E-state index < -0.39 is 11.7 Å². The summed E-state index contributed by atoms with van der Waals surface area (Å²) in [4.78, 5) is 13.4. The number of carboxylic acid groups (broad SMARTS) is 1. The van der Waals surface area contributed by atoms with E-state index >= 15 is 0 Å². The Bertz CT molecular complexity index is 544. The van der Waals surface area contributed by atoms with Crippen LogP contribution in [-0.4, -0.2) is 45.9 Å². The highest BCUT2D eigenvalue weighted by Gasteiger charge is 2.69. The van der Waals surface area contributed by atoms with Crippen molar-refractivity contribution in [3.63, 3.8) is 0 Å². The monoisotopic (exact) mass is 294 g/mol. The van der Waals surface area contributed by atoms with Crippen LogP contribution in [0.4, 0.5) is 0 Å². The molecule has 0 spiro atoms. The van der Waals surface area contributed by atoms with Gasteiger partial charge in [-0.3, -0.25) is 4.90 Å². The molecule has 2 bridgehead atoms. The van der Waals surface area contributed by atoms with Crippen molar-refractivity contribution in [1.82, 2.24) is 4.90 Å². The summed E-state index contributed by atoms with van der Waals surface area (Å²) in [6, 6.07) is 0.216. The number of hydrogen-bond acceptors (Lipinski definition) is 4. The van der Waals surface area contributed by atoms with E-state index in [1.807, 2.05) is 11.9 Å². The van der Waals surface area contributed by atoms with Gasteiger partial charge in [-0.2, -0.15) is 0 Å². The zero-order valence-electron chi connectivity index (χ0n) is 13.3. The van der Waals surface area contributed by atoms with Gasteiger partial charge in [0.05, 0.1) is 0 Å². The molecule has 0 radical (unpaired) electrons. The molecular formula is C16H26N2O3. The van der Waals surface area contributed by atoms with Crippen LogP contribution >= 0.6 is 0 Å². The Morgan fingerprint density at radius 2 is 2.00 bits per heavy atom. The summed E-state index contributed by atoms with van der Waals surface area (Å²) in [7, 11) is 1.92. The lowest BCUT2D eigenvalue weighted by molar-refractivity contribution is -0.174. The lowest BCUT2D eigenvalue weighted by atomic mass is 9.58. The second-order valence-corrected chi connectivity index (χ2v) is 7.71. The predicted octanol–water partition coefficient (Wildman–Crippen LogP) is 1.32. The number of carboxylic acids is 1. The van der Waals surface area contributed by atoms with Crippen molar-refractivity contribution < 1.29 is 15.0 Å². The molecule has 5 unspecified atom stereocenters. The van der Waals surface area contributed by atoms with E-state index in [2.05, 4.69) is 13.8 Å². The normalized spacial score (nSPS) is 51.9. The van der Waals surface area contributed by atoms with Crippen molar-refractivity contribution in [3.8, 4) is 0 Å². The lowest BCUT2D eigenvalue weighted by Crippen LogP contribution is -2.64. The van der Waals surface area contributed by atoms with Gasteiger partial charge < -0.3 is 15.9 Å². The van der Waals surface area contributed by atoms with Gasteiger partial charge in [-0.25, -0.2) is 4.79 Å². The highest BCUT2D eigenvalue weighted by atomic mass is 16.4. The van der Waals surface area contributed by atoms with Crippen molar-refractivity contribution in [2.75, 3.05) is 7.05 Å². The fourth-order valence-corrected chi connectivity index (χ4v) is 5.31. The third-order valence-electron chi connectivity index (χ3n) is 7.15. The number of likely N-dealkylation sites (N-methyl/N-ethyl adjacent to an activating group) is 1. The fraction of sp³-hybridized carbons (Fsp3) is 0.812. The molecule has 4 N–H and O–H groups in total. The quantitative estimate of drug-likeness (QED) is 0.635. The van der Waals surface area contributed by atoms with Crippen LogP contribution in [0.2, 0.25) is 0 Å². The van der Waals surface area contributed by atoms with Crippen LogP contribution in [0.25, 0.3) is 0 Å². The molecule has 0 amide bonds. The third kappa shape index (κ3) is 1.54. The van der Waals surface area contributed by atoms with Gasteiger partial charge in [0.15, 0.2) is 0 Å². The summed E-state index contributed by atoms with van der Waals surface area (Å²) < 4.78 is 0. The van der Waals surface area contributed by atoms with Gasteiger partial charge in [-0.05, 0) is 49.6 Å². The molecule has 5 heteroatoms. The number of nitrogens with two attached hydrogens (primary N) is 1. The molecule has 5 atom stereocenters. The second kappa shape index (κ2) is 4.09. The largest absolute Gasteiger partial charge is 0.478 e. The van der Waals surface area contributed by atoms with E-state index in [-0.39, 0.29) is 28.5 Å². The van der Waals surface area contributed by atoms with E-state index in [1.54, 1.807) is 6.92 Å². The predicted molar refractivity (Wildman–Crippen MR) is 79.5 cm³/mol. The Morgan fingerprint density at radius 3 is 2.57 bits per heavy atom. The van der Waals surface area contributed by atoms with Gasteiger partial charge in [0.25, 0.3) is 0 Å². The maximum atomic E-state index is 11.4. The SMILES string of the molecule is CC(C(=O)O)=C1CC2N(C)C1(O)CC1(C)C(N)CCC21C. The van der Waals surface area contributed by atoms with Crippen LogP contribution in [0.15, 0.2) is 11.1 Å². The molecule has 21 heavy (non-hydrogen) atoms. The Balaban J connectivity index is 2.17. The van der Waals surface area contributed by atoms with Crippen molar-refractivity contribution in [3.05, 3.63) is 11.1 Å². The standard InChI is InChI=1S/C16H26N2O3/c1-9(13(19)20)10-7-12-14(2)6-5-11(17)15(14,3)8-16(10,21)18(12)4/h11-12,21H,5-8,17H2,1-4H3,(H,19,20). The number of fused-ring (bicyclic) bond motifs is 4. The molecule has 3 aliphatic rings. The Morgan fingerprint density at radius 1 is 1.38 bits per heavy atom. The van der Waals surface area contributed by atoms with Gasteiger partial charge in [-0.1, -0.05) is 13.8 Å². The summed E-state index contributed by atoms with van der Waals surface area (Å²) in [5.74, 6) is -0.941. The van der Waals surface area contributed by atoms with Crippen molar-refractivity contribution in [2.45, 2.75) is 64.3 Å².